The molecule has 0 amide bonds. The lowest BCUT2D eigenvalue weighted by molar-refractivity contribution is -0.0115. The molecule has 1 aromatic carbocycles. The first-order valence-corrected chi connectivity index (χ1v) is 9.10. The highest BCUT2D eigenvalue weighted by Crippen LogP contribution is 2.52. The predicted molar refractivity (Wildman–Crippen MR) is 99.9 cm³/mol. The van der Waals surface area contributed by atoms with E-state index in [1.54, 1.807) is 7.11 Å². The van der Waals surface area contributed by atoms with Crippen molar-refractivity contribution >= 4 is 0 Å². The highest BCUT2D eigenvalue weighted by Gasteiger charge is 2.46. The van der Waals surface area contributed by atoms with Crippen LogP contribution in [0.4, 0.5) is 0 Å². The van der Waals surface area contributed by atoms with Crippen molar-refractivity contribution in [2.75, 3.05) is 7.11 Å². The van der Waals surface area contributed by atoms with Gasteiger partial charge < -0.3 is 9.47 Å². The molecular formula is C22H30O2. The van der Waals surface area contributed by atoms with E-state index in [9.17, 15) is 0 Å². The molecule has 0 fully saturated rings. The van der Waals surface area contributed by atoms with Gasteiger partial charge in [-0.2, -0.15) is 0 Å². The molecule has 1 aliphatic heterocycles. The Morgan fingerprint density at radius 3 is 2.88 bits per heavy atom. The van der Waals surface area contributed by atoms with Crippen LogP contribution in [0.5, 0.6) is 11.5 Å². The lowest BCUT2D eigenvalue weighted by Gasteiger charge is -2.48. The molecule has 24 heavy (non-hydrogen) atoms. The predicted octanol–water partition coefficient (Wildman–Crippen LogP) is 6.03. The molecular weight excluding hydrogens is 296 g/mol. The van der Waals surface area contributed by atoms with Gasteiger partial charge in [-0.1, -0.05) is 23.3 Å². The number of hydrogen-bond acceptors (Lipinski definition) is 2. The monoisotopic (exact) mass is 326 g/mol. The molecule has 3 rings (SSSR count). The quantitative estimate of drug-likeness (QED) is 0.629. The summed E-state index contributed by atoms with van der Waals surface area (Å²) in [4.78, 5) is 0. The van der Waals surface area contributed by atoms with Crippen LogP contribution in [0.1, 0.15) is 64.9 Å². The van der Waals surface area contributed by atoms with Gasteiger partial charge in [0.2, 0.25) is 0 Å². The van der Waals surface area contributed by atoms with Gasteiger partial charge >= 0.3 is 0 Å². The molecule has 0 N–H and O–H groups in total. The minimum Gasteiger partial charge on any atom is -0.497 e. The van der Waals surface area contributed by atoms with E-state index < -0.39 is 0 Å². The van der Waals surface area contributed by atoms with Gasteiger partial charge in [-0.15, -0.1) is 0 Å². The van der Waals surface area contributed by atoms with Gasteiger partial charge in [-0.05, 0) is 71.6 Å². The topological polar surface area (TPSA) is 18.5 Å². The third-order valence-electron chi connectivity index (χ3n) is 5.64. The van der Waals surface area contributed by atoms with Gasteiger partial charge in [0.15, 0.2) is 0 Å². The summed E-state index contributed by atoms with van der Waals surface area (Å²) in [7, 11) is 1.73. The SMILES string of the molecule is COc1ccc2c(c1)C1C=C(C)CCC1C(C)(CCC=C(C)C)O2. The van der Waals surface area contributed by atoms with Crippen molar-refractivity contribution in [1.29, 1.82) is 0 Å². The van der Waals surface area contributed by atoms with Crippen molar-refractivity contribution in [3.05, 3.63) is 47.1 Å². The Morgan fingerprint density at radius 1 is 1.38 bits per heavy atom. The lowest BCUT2D eigenvalue weighted by Crippen LogP contribution is -2.47. The van der Waals surface area contributed by atoms with E-state index in [0.29, 0.717) is 11.8 Å². The molecule has 1 heterocycles. The van der Waals surface area contributed by atoms with Crippen LogP contribution in [0.3, 0.4) is 0 Å². The van der Waals surface area contributed by atoms with E-state index in [1.807, 2.05) is 6.07 Å². The third kappa shape index (κ3) is 3.24. The van der Waals surface area contributed by atoms with Crippen LogP contribution < -0.4 is 9.47 Å². The minimum atomic E-state index is -0.102. The second-order valence-corrected chi connectivity index (χ2v) is 7.82. The zero-order valence-corrected chi connectivity index (χ0v) is 15.7. The maximum atomic E-state index is 6.59. The van der Waals surface area contributed by atoms with E-state index in [-0.39, 0.29) is 5.60 Å². The molecule has 2 aliphatic rings. The number of allylic oxidation sites excluding steroid dienone is 4. The van der Waals surface area contributed by atoms with Gasteiger partial charge in [0, 0.05) is 17.4 Å². The van der Waals surface area contributed by atoms with E-state index in [2.05, 4.69) is 52.0 Å². The van der Waals surface area contributed by atoms with Gasteiger partial charge in [0.25, 0.3) is 0 Å². The molecule has 3 atom stereocenters. The second-order valence-electron chi connectivity index (χ2n) is 7.82. The molecule has 0 bridgehead atoms. The Labute approximate surface area is 146 Å². The molecule has 0 radical (unpaired) electrons. The van der Waals surface area contributed by atoms with Gasteiger partial charge in [-0.3, -0.25) is 0 Å². The van der Waals surface area contributed by atoms with E-state index in [4.69, 9.17) is 9.47 Å². The standard InChI is InChI=1S/C22H30O2/c1-15(2)7-6-12-22(4)20-10-8-16(3)13-18(20)19-14-17(23-5)9-11-21(19)24-22/h7,9,11,13-14,18,20H,6,8,10,12H2,1-5H3. The average Bonchev–Trinajstić information content (AvgIpc) is 2.54. The Kier molecular flexibility index (Phi) is 4.76. The van der Waals surface area contributed by atoms with Gasteiger partial charge in [0.05, 0.1) is 7.11 Å². The molecule has 0 spiro atoms. The number of methoxy groups -OCH3 is 1. The summed E-state index contributed by atoms with van der Waals surface area (Å²) >= 11 is 0. The highest BCUT2D eigenvalue weighted by atomic mass is 16.5. The number of hydrogen-bond donors (Lipinski definition) is 0. The van der Waals surface area contributed by atoms with Crippen LogP contribution in [0.2, 0.25) is 0 Å². The smallest absolute Gasteiger partial charge is 0.124 e. The first-order valence-electron chi connectivity index (χ1n) is 9.10. The first-order chi connectivity index (χ1) is 11.4. The zero-order chi connectivity index (χ0) is 17.3. The second kappa shape index (κ2) is 6.66. The van der Waals surface area contributed by atoms with Crippen molar-refractivity contribution in [3.63, 3.8) is 0 Å². The maximum Gasteiger partial charge on any atom is 0.124 e. The molecule has 1 aromatic rings. The molecule has 2 heteroatoms. The van der Waals surface area contributed by atoms with Crippen LogP contribution >= 0.6 is 0 Å². The fourth-order valence-corrected chi connectivity index (χ4v) is 4.28. The fourth-order valence-electron chi connectivity index (χ4n) is 4.28. The van der Waals surface area contributed by atoms with E-state index in [0.717, 1.165) is 24.3 Å². The molecule has 0 saturated heterocycles. The van der Waals surface area contributed by atoms with Gasteiger partial charge in [-0.25, -0.2) is 0 Å². The summed E-state index contributed by atoms with van der Waals surface area (Å²) in [6, 6.07) is 6.26. The normalized spacial score (nSPS) is 28.1. The van der Waals surface area contributed by atoms with Crippen LogP contribution in [0.25, 0.3) is 0 Å². The lowest BCUT2D eigenvalue weighted by atomic mass is 9.66. The Bertz CT molecular complexity index is 667. The number of ether oxygens (including phenoxy) is 2. The number of benzene rings is 1. The molecule has 1 aliphatic carbocycles. The summed E-state index contributed by atoms with van der Waals surface area (Å²) in [6.45, 7) is 8.90. The number of rotatable bonds is 4. The van der Waals surface area contributed by atoms with Crippen molar-refractivity contribution in [2.45, 2.75) is 64.9 Å². The summed E-state index contributed by atoms with van der Waals surface area (Å²) in [5.41, 5.74) is 4.07. The summed E-state index contributed by atoms with van der Waals surface area (Å²) in [5.74, 6) is 2.92. The minimum absolute atomic E-state index is 0.102. The Balaban J connectivity index is 1.98. The average molecular weight is 326 g/mol. The highest BCUT2D eigenvalue weighted by molar-refractivity contribution is 5.48. The molecule has 2 nitrogen and oxygen atoms in total. The summed E-state index contributed by atoms with van der Waals surface area (Å²) in [5, 5.41) is 0. The first kappa shape index (κ1) is 17.1. The summed E-state index contributed by atoms with van der Waals surface area (Å²) in [6.07, 6.45) is 9.33. The summed E-state index contributed by atoms with van der Waals surface area (Å²) < 4.78 is 12.0. The van der Waals surface area contributed by atoms with Crippen LogP contribution in [0.15, 0.2) is 41.5 Å². The third-order valence-corrected chi connectivity index (χ3v) is 5.64. The van der Waals surface area contributed by atoms with Crippen molar-refractivity contribution in [1.82, 2.24) is 0 Å². The molecule has 3 unspecified atom stereocenters. The maximum absolute atomic E-state index is 6.59. The van der Waals surface area contributed by atoms with Crippen molar-refractivity contribution in [2.24, 2.45) is 5.92 Å². The zero-order valence-electron chi connectivity index (χ0n) is 15.7. The largest absolute Gasteiger partial charge is 0.497 e. The van der Waals surface area contributed by atoms with Crippen LogP contribution in [-0.2, 0) is 0 Å². The Hall–Kier alpha value is -1.70. The number of fused-ring (bicyclic) bond motifs is 3. The fraction of sp³-hybridized carbons (Fsp3) is 0.545. The molecule has 0 saturated carbocycles. The van der Waals surface area contributed by atoms with Crippen LogP contribution in [-0.4, -0.2) is 12.7 Å². The Morgan fingerprint density at radius 2 is 2.17 bits per heavy atom. The van der Waals surface area contributed by atoms with E-state index >= 15 is 0 Å². The van der Waals surface area contributed by atoms with Crippen LogP contribution in [0, 0.1) is 5.92 Å². The van der Waals surface area contributed by atoms with Crippen molar-refractivity contribution < 1.29 is 9.47 Å². The van der Waals surface area contributed by atoms with Crippen molar-refractivity contribution in [3.8, 4) is 11.5 Å². The molecule has 130 valence electrons. The van der Waals surface area contributed by atoms with E-state index in [1.165, 1.54) is 29.6 Å². The van der Waals surface area contributed by atoms with Gasteiger partial charge in [0.1, 0.15) is 17.1 Å². The molecule has 0 aromatic heterocycles.